The summed E-state index contributed by atoms with van der Waals surface area (Å²) in [7, 11) is 2.01. The molecular weight excluding hydrogens is 244 g/mol. The Labute approximate surface area is 122 Å². The van der Waals surface area contributed by atoms with Gasteiger partial charge in [-0.25, -0.2) is 0 Å². The maximum atomic E-state index is 4.48. The largest absolute Gasteiger partial charge is 0.312 e. The molecule has 0 aliphatic rings. The minimum atomic E-state index is 0.283. The molecule has 0 radical (unpaired) electrons. The number of benzene rings is 1. The Balaban J connectivity index is 2.23. The van der Waals surface area contributed by atoms with E-state index in [1.807, 2.05) is 25.4 Å². The summed E-state index contributed by atoms with van der Waals surface area (Å²) in [5.41, 5.74) is 3.82. The molecule has 0 amide bonds. The van der Waals surface area contributed by atoms with Crippen molar-refractivity contribution in [3.8, 4) is 0 Å². The molecule has 2 aromatic rings. The summed E-state index contributed by atoms with van der Waals surface area (Å²) in [6.45, 7) is 6.67. The van der Waals surface area contributed by atoms with Crippen molar-refractivity contribution in [1.29, 1.82) is 0 Å². The Morgan fingerprint density at radius 2 is 1.55 bits per heavy atom. The molecular formula is C18H24N2. The number of aromatic nitrogens is 1. The lowest BCUT2D eigenvalue weighted by molar-refractivity contribution is 0.499. The van der Waals surface area contributed by atoms with Crippen molar-refractivity contribution in [2.75, 3.05) is 7.05 Å². The van der Waals surface area contributed by atoms with Crippen molar-refractivity contribution in [3.05, 3.63) is 65.5 Å². The molecule has 0 saturated carbocycles. The van der Waals surface area contributed by atoms with Gasteiger partial charge in [0.25, 0.3) is 0 Å². The highest BCUT2D eigenvalue weighted by Gasteiger charge is 2.20. The van der Waals surface area contributed by atoms with Crippen LogP contribution in [0.4, 0.5) is 0 Å². The number of nitrogens with zero attached hydrogens (tertiary/aromatic N) is 1. The van der Waals surface area contributed by atoms with Crippen molar-refractivity contribution in [3.63, 3.8) is 0 Å². The summed E-state index contributed by atoms with van der Waals surface area (Å²) in [6.07, 6.45) is 1.86. The van der Waals surface area contributed by atoms with Crippen molar-refractivity contribution >= 4 is 0 Å². The highest BCUT2D eigenvalue weighted by atomic mass is 14.9. The molecule has 1 N–H and O–H groups in total. The van der Waals surface area contributed by atoms with E-state index in [-0.39, 0.29) is 6.04 Å². The zero-order valence-electron chi connectivity index (χ0n) is 12.8. The second-order valence-electron chi connectivity index (χ2n) is 5.63. The molecule has 0 bridgehead atoms. The Morgan fingerprint density at radius 1 is 0.900 bits per heavy atom. The van der Waals surface area contributed by atoms with Gasteiger partial charge in [-0.3, -0.25) is 4.98 Å². The number of hydrogen-bond acceptors (Lipinski definition) is 2. The third kappa shape index (κ3) is 3.26. The van der Waals surface area contributed by atoms with Gasteiger partial charge in [0.15, 0.2) is 0 Å². The first-order valence-corrected chi connectivity index (χ1v) is 7.31. The van der Waals surface area contributed by atoms with E-state index in [9.17, 15) is 0 Å². The van der Waals surface area contributed by atoms with Crippen LogP contribution >= 0.6 is 0 Å². The number of rotatable bonds is 5. The first-order chi connectivity index (χ1) is 9.63. The van der Waals surface area contributed by atoms with Crippen LogP contribution in [0, 0.1) is 0 Å². The second-order valence-corrected chi connectivity index (χ2v) is 5.63. The van der Waals surface area contributed by atoms with E-state index < -0.39 is 0 Å². The van der Waals surface area contributed by atoms with Gasteiger partial charge in [-0.2, -0.15) is 0 Å². The van der Waals surface area contributed by atoms with Crippen LogP contribution in [0.2, 0.25) is 0 Å². The van der Waals surface area contributed by atoms with Crippen molar-refractivity contribution < 1.29 is 0 Å². The van der Waals surface area contributed by atoms with Crippen molar-refractivity contribution in [2.45, 2.75) is 38.6 Å². The molecule has 2 unspecified atom stereocenters. The molecule has 0 spiro atoms. The van der Waals surface area contributed by atoms with Gasteiger partial charge in [0.2, 0.25) is 0 Å². The summed E-state index contributed by atoms with van der Waals surface area (Å²) >= 11 is 0. The standard InChI is InChI=1S/C18H24N2/c1-13(2)15-8-10-16(11-9-15)18(19-4)14(3)17-7-5-6-12-20-17/h5-14,18-19H,1-4H3. The predicted molar refractivity (Wildman–Crippen MR) is 85.0 cm³/mol. The minimum absolute atomic E-state index is 0.283. The normalized spacial score (nSPS) is 14.2. The lowest BCUT2D eigenvalue weighted by atomic mass is 9.90. The fourth-order valence-corrected chi connectivity index (χ4v) is 2.61. The van der Waals surface area contributed by atoms with Gasteiger partial charge in [-0.15, -0.1) is 0 Å². The summed E-state index contributed by atoms with van der Waals surface area (Å²) in [4.78, 5) is 4.48. The van der Waals surface area contributed by atoms with Gasteiger partial charge >= 0.3 is 0 Å². The zero-order chi connectivity index (χ0) is 14.5. The highest BCUT2D eigenvalue weighted by Crippen LogP contribution is 2.29. The monoisotopic (exact) mass is 268 g/mol. The van der Waals surface area contributed by atoms with E-state index in [1.165, 1.54) is 11.1 Å². The topological polar surface area (TPSA) is 24.9 Å². The SMILES string of the molecule is CNC(c1ccc(C(C)C)cc1)C(C)c1ccccn1. The molecule has 106 valence electrons. The maximum absolute atomic E-state index is 4.48. The van der Waals surface area contributed by atoms with Crippen LogP contribution in [0.3, 0.4) is 0 Å². The maximum Gasteiger partial charge on any atom is 0.0450 e. The quantitative estimate of drug-likeness (QED) is 0.876. The van der Waals surface area contributed by atoms with Gasteiger partial charge < -0.3 is 5.32 Å². The molecule has 2 nitrogen and oxygen atoms in total. The Hall–Kier alpha value is -1.67. The van der Waals surface area contributed by atoms with Gasteiger partial charge in [0, 0.05) is 23.9 Å². The summed E-state index contributed by atoms with van der Waals surface area (Å²) in [5.74, 6) is 0.913. The third-order valence-electron chi connectivity index (χ3n) is 3.93. The fraction of sp³-hybridized carbons (Fsp3) is 0.389. The van der Waals surface area contributed by atoms with Crippen LogP contribution in [0.5, 0.6) is 0 Å². The van der Waals surface area contributed by atoms with Gasteiger partial charge in [0.1, 0.15) is 0 Å². The molecule has 1 aromatic heterocycles. The van der Waals surface area contributed by atoms with Gasteiger partial charge in [-0.1, -0.05) is 51.1 Å². The number of pyridine rings is 1. The fourth-order valence-electron chi connectivity index (χ4n) is 2.61. The Bertz CT molecular complexity index is 517. The number of nitrogens with one attached hydrogen (secondary N) is 1. The van der Waals surface area contributed by atoms with E-state index in [4.69, 9.17) is 0 Å². The number of hydrogen-bond donors (Lipinski definition) is 1. The van der Waals surface area contributed by atoms with Crippen LogP contribution in [0.15, 0.2) is 48.7 Å². The predicted octanol–water partition coefficient (Wildman–Crippen LogP) is 4.27. The molecule has 1 aromatic carbocycles. The lowest BCUT2D eigenvalue weighted by Gasteiger charge is -2.24. The van der Waals surface area contributed by atoms with Crippen LogP contribution in [-0.2, 0) is 0 Å². The Morgan fingerprint density at radius 3 is 2.05 bits per heavy atom. The van der Waals surface area contributed by atoms with Gasteiger partial charge in [-0.05, 0) is 36.2 Å². The minimum Gasteiger partial charge on any atom is -0.312 e. The number of likely N-dealkylation sites (N-methyl/N-ethyl adjacent to an activating group) is 1. The Kier molecular flexibility index (Phi) is 4.91. The third-order valence-corrected chi connectivity index (χ3v) is 3.93. The average molecular weight is 268 g/mol. The molecule has 1 heterocycles. The molecule has 2 rings (SSSR count). The van der Waals surface area contributed by atoms with Crippen LogP contribution < -0.4 is 5.32 Å². The summed E-state index contributed by atoms with van der Waals surface area (Å²) < 4.78 is 0. The highest BCUT2D eigenvalue weighted by molar-refractivity contribution is 5.29. The zero-order valence-corrected chi connectivity index (χ0v) is 12.8. The van der Waals surface area contributed by atoms with Crippen LogP contribution in [0.25, 0.3) is 0 Å². The molecule has 0 fully saturated rings. The lowest BCUT2D eigenvalue weighted by Crippen LogP contribution is -2.22. The van der Waals surface area contributed by atoms with E-state index in [0.717, 1.165) is 5.69 Å². The molecule has 0 aliphatic carbocycles. The smallest absolute Gasteiger partial charge is 0.0450 e. The molecule has 20 heavy (non-hydrogen) atoms. The molecule has 2 heteroatoms. The van der Waals surface area contributed by atoms with E-state index >= 15 is 0 Å². The van der Waals surface area contributed by atoms with E-state index in [1.54, 1.807) is 0 Å². The molecule has 0 aliphatic heterocycles. The first-order valence-electron chi connectivity index (χ1n) is 7.31. The van der Waals surface area contributed by atoms with Crippen molar-refractivity contribution in [1.82, 2.24) is 10.3 Å². The van der Waals surface area contributed by atoms with Crippen LogP contribution in [0.1, 0.15) is 55.5 Å². The van der Waals surface area contributed by atoms with Gasteiger partial charge in [0.05, 0.1) is 0 Å². The molecule has 0 saturated heterocycles. The van der Waals surface area contributed by atoms with E-state index in [0.29, 0.717) is 11.8 Å². The second kappa shape index (κ2) is 6.67. The van der Waals surface area contributed by atoms with E-state index in [2.05, 4.69) is 61.4 Å². The summed E-state index contributed by atoms with van der Waals surface area (Å²) in [5, 5.41) is 3.43. The first kappa shape index (κ1) is 14.7. The average Bonchev–Trinajstić information content (AvgIpc) is 2.49. The van der Waals surface area contributed by atoms with Crippen molar-refractivity contribution in [2.24, 2.45) is 0 Å². The summed E-state index contributed by atoms with van der Waals surface area (Å²) in [6, 6.07) is 15.3. The molecule has 2 atom stereocenters. The van der Waals surface area contributed by atoms with Crippen LogP contribution in [-0.4, -0.2) is 12.0 Å².